The van der Waals surface area contributed by atoms with Gasteiger partial charge in [0.2, 0.25) is 0 Å². The number of para-hydroxylation sites is 1. The molecule has 0 aliphatic heterocycles. The Morgan fingerprint density at radius 2 is 2.15 bits per heavy atom. The summed E-state index contributed by atoms with van der Waals surface area (Å²) < 4.78 is 11.3. The van der Waals surface area contributed by atoms with E-state index in [0.717, 1.165) is 34.6 Å². The zero-order valence-corrected chi connectivity index (χ0v) is 12.2. The molecule has 0 amide bonds. The molecule has 0 bridgehead atoms. The molecule has 0 fully saturated rings. The highest BCUT2D eigenvalue weighted by Gasteiger charge is 2.20. The van der Waals surface area contributed by atoms with Crippen LogP contribution in [0.1, 0.15) is 30.0 Å². The normalized spacial score (nSPS) is 12.9. The first-order valence-corrected chi connectivity index (χ1v) is 7.03. The first-order chi connectivity index (χ1) is 9.69. The largest absolute Gasteiger partial charge is 0.469 e. The van der Waals surface area contributed by atoms with Crippen LogP contribution in [0.4, 0.5) is 0 Å². The number of benzene rings is 1. The molecule has 3 rings (SSSR count). The molecular weight excluding hydrogens is 274 g/mol. The van der Waals surface area contributed by atoms with E-state index in [1.165, 1.54) is 0 Å². The Kier molecular flexibility index (Phi) is 3.55. The van der Waals surface area contributed by atoms with Crippen LogP contribution in [0.15, 0.2) is 45.4 Å². The number of rotatable bonds is 4. The van der Waals surface area contributed by atoms with Gasteiger partial charge in [-0.3, -0.25) is 0 Å². The Hall–Kier alpha value is -1.71. The number of furan rings is 2. The summed E-state index contributed by atoms with van der Waals surface area (Å²) in [5.74, 6) is 1.73. The molecule has 2 aromatic heterocycles. The molecule has 1 N–H and O–H groups in total. The molecule has 0 saturated heterocycles. The summed E-state index contributed by atoms with van der Waals surface area (Å²) >= 11 is 6.17. The SMILES string of the molecule is CCNC(c1coc(C)c1)c1cc2cccc(Cl)c2o1. The van der Waals surface area contributed by atoms with E-state index in [4.69, 9.17) is 20.4 Å². The van der Waals surface area contributed by atoms with Crippen molar-refractivity contribution >= 4 is 22.6 Å². The number of fused-ring (bicyclic) bond motifs is 1. The highest BCUT2D eigenvalue weighted by molar-refractivity contribution is 6.34. The van der Waals surface area contributed by atoms with Gasteiger partial charge < -0.3 is 14.2 Å². The molecule has 0 spiro atoms. The molecule has 3 aromatic rings. The third-order valence-electron chi connectivity index (χ3n) is 3.29. The van der Waals surface area contributed by atoms with Gasteiger partial charge in [0.05, 0.1) is 17.3 Å². The smallest absolute Gasteiger partial charge is 0.152 e. The molecule has 0 aliphatic rings. The van der Waals surface area contributed by atoms with E-state index in [0.29, 0.717) is 5.02 Å². The third kappa shape index (κ3) is 2.35. The molecule has 2 heterocycles. The van der Waals surface area contributed by atoms with Gasteiger partial charge in [0, 0.05) is 10.9 Å². The molecule has 1 unspecified atom stereocenters. The van der Waals surface area contributed by atoms with Crippen LogP contribution in [0, 0.1) is 6.92 Å². The second-order valence-corrected chi connectivity index (χ2v) is 5.20. The van der Waals surface area contributed by atoms with Crippen LogP contribution < -0.4 is 5.32 Å². The monoisotopic (exact) mass is 289 g/mol. The second kappa shape index (κ2) is 5.35. The minimum atomic E-state index is -0.0269. The van der Waals surface area contributed by atoms with Crippen LogP contribution in [0.5, 0.6) is 0 Å². The van der Waals surface area contributed by atoms with Crippen molar-refractivity contribution < 1.29 is 8.83 Å². The maximum atomic E-state index is 6.17. The molecule has 1 aromatic carbocycles. The molecule has 20 heavy (non-hydrogen) atoms. The van der Waals surface area contributed by atoms with E-state index < -0.39 is 0 Å². The van der Waals surface area contributed by atoms with Crippen molar-refractivity contribution in [1.82, 2.24) is 5.32 Å². The van der Waals surface area contributed by atoms with Crippen molar-refractivity contribution in [2.75, 3.05) is 6.54 Å². The summed E-state index contributed by atoms with van der Waals surface area (Å²) in [5, 5.41) is 5.05. The molecule has 0 saturated carbocycles. The van der Waals surface area contributed by atoms with E-state index in [-0.39, 0.29) is 6.04 Å². The fourth-order valence-corrected chi connectivity index (χ4v) is 2.61. The summed E-state index contributed by atoms with van der Waals surface area (Å²) in [5.41, 5.74) is 1.78. The lowest BCUT2D eigenvalue weighted by molar-refractivity contribution is 0.470. The minimum absolute atomic E-state index is 0.0269. The first kappa shape index (κ1) is 13.3. The Bertz CT molecular complexity index is 729. The van der Waals surface area contributed by atoms with Gasteiger partial charge in [-0.1, -0.05) is 30.7 Å². The number of halogens is 1. The lowest BCUT2D eigenvalue weighted by Gasteiger charge is -2.13. The fourth-order valence-electron chi connectivity index (χ4n) is 2.39. The predicted octanol–water partition coefficient (Wildman–Crippen LogP) is 4.69. The van der Waals surface area contributed by atoms with Gasteiger partial charge in [0.25, 0.3) is 0 Å². The van der Waals surface area contributed by atoms with E-state index in [1.54, 1.807) is 6.26 Å². The number of hydrogen-bond acceptors (Lipinski definition) is 3. The van der Waals surface area contributed by atoms with Crippen LogP contribution in [-0.2, 0) is 0 Å². The summed E-state index contributed by atoms with van der Waals surface area (Å²) in [4.78, 5) is 0. The van der Waals surface area contributed by atoms with Crippen LogP contribution in [0.25, 0.3) is 11.0 Å². The van der Waals surface area contributed by atoms with Crippen molar-refractivity contribution in [3.8, 4) is 0 Å². The van der Waals surface area contributed by atoms with Gasteiger partial charge in [0.15, 0.2) is 5.58 Å². The van der Waals surface area contributed by atoms with E-state index in [1.807, 2.05) is 37.3 Å². The minimum Gasteiger partial charge on any atom is -0.469 e. The van der Waals surface area contributed by atoms with Crippen molar-refractivity contribution in [2.45, 2.75) is 19.9 Å². The van der Waals surface area contributed by atoms with Gasteiger partial charge in [-0.25, -0.2) is 0 Å². The summed E-state index contributed by atoms with van der Waals surface area (Å²) in [6.45, 7) is 4.83. The molecular formula is C16H16ClNO2. The molecule has 3 nitrogen and oxygen atoms in total. The Morgan fingerprint density at radius 1 is 1.30 bits per heavy atom. The molecule has 0 radical (unpaired) electrons. The van der Waals surface area contributed by atoms with Crippen LogP contribution in [-0.4, -0.2) is 6.54 Å². The first-order valence-electron chi connectivity index (χ1n) is 6.65. The van der Waals surface area contributed by atoms with Crippen molar-refractivity contribution in [3.63, 3.8) is 0 Å². The van der Waals surface area contributed by atoms with Crippen molar-refractivity contribution in [3.05, 3.63) is 58.7 Å². The maximum Gasteiger partial charge on any atom is 0.152 e. The number of nitrogens with one attached hydrogen (secondary N) is 1. The van der Waals surface area contributed by atoms with Crippen LogP contribution in [0.3, 0.4) is 0 Å². The fraction of sp³-hybridized carbons (Fsp3) is 0.250. The van der Waals surface area contributed by atoms with Crippen LogP contribution in [0.2, 0.25) is 5.02 Å². The van der Waals surface area contributed by atoms with Gasteiger partial charge in [0.1, 0.15) is 11.5 Å². The van der Waals surface area contributed by atoms with Crippen molar-refractivity contribution in [1.29, 1.82) is 0 Å². The zero-order valence-electron chi connectivity index (χ0n) is 11.4. The topological polar surface area (TPSA) is 38.3 Å². The zero-order chi connectivity index (χ0) is 14.1. The lowest BCUT2D eigenvalue weighted by atomic mass is 10.1. The van der Waals surface area contributed by atoms with Gasteiger partial charge in [-0.05, 0) is 31.7 Å². The Morgan fingerprint density at radius 3 is 2.80 bits per heavy atom. The highest BCUT2D eigenvalue weighted by atomic mass is 35.5. The Labute approximate surface area is 122 Å². The lowest BCUT2D eigenvalue weighted by Crippen LogP contribution is -2.20. The van der Waals surface area contributed by atoms with Gasteiger partial charge >= 0.3 is 0 Å². The Balaban J connectivity index is 2.07. The summed E-state index contributed by atoms with van der Waals surface area (Å²) in [6.07, 6.45) is 1.76. The average Bonchev–Trinajstić information content (AvgIpc) is 3.03. The van der Waals surface area contributed by atoms with Crippen LogP contribution >= 0.6 is 11.6 Å². The molecule has 4 heteroatoms. The second-order valence-electron chi connectivity index (χ2n) is 4.79. The van der Waals surface area contributed by atoms with E-state index in [2.05, 4.69) is 12.2 Å². The summed E-state index contributed by atoms with van der Waals surface area (Å²) in [7, 11) is 0. The van der Waals surface area contributed by atoms with E-state index >= 15 is 0 Å². The van der Waals surface area contributed by atoms with Gasteiger partial charge in [-0.15, -0.1) is 0 Å². The van der Waals surface area contributed by atoms with Crippen molar-refractivity contribution in [2.24, 2.45) is 0 Å². The number of aryl methyl sites for hydroxylation is 1. The van der Waals surface area contributed by atoms with E-state index in [9.17, 15) is 0 Å². The van der Waals surface area contributed by atoms with Gasteiger partial charge in [-0.2, -0.15) is 0 Å². The summed E-state index contributed by atoms with van der Waals surface area (Å²) in [6, 6.07) is 9.77. The average molecular weight is 290 g/mol. The predicted molar refractivity (Wildman–Crippen MR) is 80.2 cm³/mol. The number of hydrogen-bond donors (Lipinski definition) is 1. The quantitative estimate of drug-likeness (QED) is 0.757. The highest BCUT2D eigenvalue weighted by Crippen LogP contribution is 2.32. The maximum absolute atomic E-state index is 6.17. The molecule has 1 atom stereocenters. The molecule has 0 aliphatic carbocycles. The third-order valence-corrected chi connectivity index (χ3v) is 3.59. The molecule has 104 valence electrons. The standard InChI is InChI=1S/C16H16ClNO2/c1-3-18-15(12-7-10(2)19-9-12)14-8-11-5-4-6-13(17)16(11)20-14/h4-9,15,18H,3H2,1-2H3.